The normalized spacial score (nSPS) is 11.4. The lowest BCUT2D eigenvalue weighted by Crippen LogP contribution is -2.11. The zero-order chi connectivity index (χ0) is 12.1. The zero-order valence-corrected chi connectivity index (χ0v) is 9.48. The van der Waals surface area contributed by atoms with Gasteiger partial charge in [0.1, 0.15) is 17.6 Å². The maximum atomic E-state index is 11.3. The number of ether oxygens (including phenoxy) is 2. The minimum absolute atomic E-state index is 0.109. The number of hydrogen-bond donors (Lipinski definition) is 0. The number of benzene rings is 1. The first-order valence-corrected chi connectivity index (χ1v) is 4.83. The van der Waals surface area contributed by atoms with Crippen molar-refractivity contribution in [2.75, 3.05) is 7.11 Å². The molecule has 1 rings (SSSR count). The summed E-state index contributed by atoms with van der Waals surface area (Å²) in [5.74, 6) is 0.855. The molecule has 0 aromatic heterocycles. The maximum absolute atomic E-state index is 11.3. The second-order valence-corrected chi connectivity index (χ2v) is 3.31. The van der Waals surface area contributed by atoms with Crippen LogP contribution in [0.15, 0.2) is 18.2 Å². The number of nitrogens with zero attached hydrogens (tertiary/aromatic N) is 1. The summed E-state index contributed by atoms with van der Waals surface area (Å²) in [5.41, 5.74) is 0.447. The van der Waals surface area contributed by atoms with Crippen LogP contribution in [0.5, 0.6) is 11.5 Å². The van der Waals surface area contributed by atoms with Gasteiger partial charge in [-0.25, -0.2) is 0 Å². The molecule has 0 saturated heterocycles. The Labute approximate surface area is 94.4 Å². The molecule has 0 heterocycles. The third kappa shape index (κ3) is 2.74. The molecule has 4 heteroatoms. The van der Waals surface area contributed by atoms with Gasteiger partial charge in [0.2, 0.25) is 0 Å². The molecule has 0 aliphatic heterocycles. The minimum Gasteiger partial charge on any atom is -0.497 e. The fourth-order valence-electron chi connectivity index (χ4n) is 1.23. The molecule has 0 saturated carbocycles. The molecule has 0 amide bonds. The average Bonchev–Trinajstić information content (AvgIpc) is 2.28. The molecule has 0 bridgehead atoms. The minimum atomic E-state index is -0.606. The monoisotopic (exact) mass is 219 g/mol. The second kappa shape index (κ2) is 5.17. The van der Waals surface area contributed by atoms with E-state index in [2.05, 4.69) is 0 Å². The molecule has 84 valence electrons. The summed E-state index contributed by atoms with van der Waals surface area (Å²) in [6.07, 6.45) is -0.606. The van der Waals surface area contributed by atoms with Crippen molar-refractivity contribution in [1.82, 2.24) is 0 Å². The molecule has 1 atom stereocenters. The fraction of sp³-hybridized carbons (Fsp3) is 0.333. The number of nitriles is 1. The molecule has 0 fully saturated rings. The van der Waals surface area contributed by atoms with E-state index in [-0.39, 0.29) is 5.78 Å². The maximum Gasteiger partial charge on any atom is 0.181 e. The number of methoxy groups -OCH3 is 1. The summed E-state index contributed by atoms with van der Waals surface area (Å²) in [6, 6.07) is 6.85. The van der Waals surface area contributed by atoms with Crippen LogP contribution < -0.4 is 9.47 Å². The van der Waals surface area contributed by atoms with Crippen molar-refractivity contribution in [2.24, 2.45) is 0 Å². The van der Waals surface area contributed by atoms with Gasteiger partial charge >= 0.3 is 0 Å². The third-order valence-corrected chi connectivity index (χ3v) is 2.05. The van der Waals surface area contributed by atoms with E-state index in [1.54, 1.807) is 25.1 Å². The van der Waals surface area contributed by atoms with Gasteiger partial charge in [-0.1, -0.05) is 0 Å². The van der Waals surface area contributed by atoms with Crippen molar-refractivity contribution in [3.63, 3.8) is 0 Å². The van der Waals surface area contributed by atoms with Crippen LogP contribution in [0.4, 0.5) is 0 Å². The zero-order valence-electron chi connectivity index (χ0n) is 9.48. The number of ketones is 1. The van der Waals surface area contributed by atoms with Gasteiger partial charge < -0.3 is 9.47 Å². The van der Waals surface area contributed by atoms with Crippen LogP contribution in [0.3, 0.4) is 0 Å². The number of hydrogen-bond acceptors (Lipinski definition) is 4. The topological polar surface area (TPSA) is 59.3 Å². The van der Waals surface area contributed by atoms with Gasteiger partial charge in [0.15, 0.2) is 11.9 Å². The van der Waals surface area contributed by atoms with Gasteiger partial charge in [-0.2, -0.15) is 5.26 Å². The Morgan fingerprint density at radius 3 is 2.69 bits per heavy atom. The van der Waals surface area contributed by atoms with Crippen molar-refractivity contribution in [2.45, 2.75) is 20.0 Å². The first-order valence-electron chi connectivity index (χ1n) is 4.83. The predicted molar refractivity (Wildman–Crippen MR) is 58.7 cm³/mol. The summed E-state index contributed by atoms with van der Waals surface area (Å²) in [4.78, 5) is 11.3. The van der Waals surface area contributed by atoms with E-state index in [1.165, 1.54) is 14.0 Å². The largest absolute Gasteiger partial charge is 0.497 e. The first-order chi connectivity index (χ1) is 7.58. The van der Waals surface area contributed by atoms with Crippen molar-refractivity contribution in [1.29, 1.82) is 5.26 Å². The van der Waals surface area contributed by atoms with Crippen molar-refractivity contribution in [3.8, 4) is 17.6 Å². The van der Waals surface area contributed by atoms with E-state index >= 15 is 0 Å². The highest BCUT2D eigenvalue weighted by molar-refractivity contribution is 5.97. The van der Waals surface area contributed by atoms with E-state index in [1.807, 2.05) is 6.07 Å². The molecule has 1 aromatic rings. The fourth-order valence-corrected chi connectivity index (χ4v) is 1.23. The Balaban J connectivity index is 3.11. The summed E-state index contributed by atoms with van der Waals surface area (Å²) >= 11 is 0. The summed E-state index contributed by atoms with van der Waals surface area (Å²) in [6.45, 7) is 3.06. The van der Waals surface area contributed by atoms with E-state index in [0.29, 0.717) is 17.1 Å². The Morgan fingerprint density at radius 1 is 1.50 bits per heavy atom. The SMILES string of the molecule is COc1ccc(C(C)=O)c(OC(C)C#N)c1. The second-order valence-electron chi connectivity index (χ2n) is 3.31. The molecule has 0 aliphatic carbocycles. The van der Waals surface area contributed by atoms with E-state index in [9.17, 15) is 4.79 Å². The van der Waals surface area contributed by atoms with Crippen LogP contribution in [0, 0.1) is 11.3 Å². The van der Waals surface area contributed by atoms with Gasteiger partial charge in [-0.15, -0.1) is 0 Å². The molecule has 0 radical (unpaired) electrons. The highest BCUT2D eigenvalue weighted by atomic mass is 16.5. The summed E-state index contributed by atoms with van der Waals surface area (Å²) in [5, 5.41) is 8.66. The molecular formula is C12H13NO3. The van der Waals surface area contributed by atoms with Crippen LogP contribution in [-0.4, -0.2) is 19.0 Å². The third-order valence-electron chi connectivity index (χ3n) is 2.05. The standard InChI is InChI=1S/C12H13NO3/c1-8(7-13)16-12-6-10(15-3)4-5-11(12)9(2)14/h4-6,8H,1-3H3. The smallest absolute Gasteiger partial charge is 0.181 e. The molecule has 0 aliphatic rings. The molecule has 4 nitrogen and oxygen atoms in total. The molecule has 1 unspecified atom stereocenters. The van der Waals surface area contributed by atoms with Crippen LogP contribution in [0.25, 0.3) is 0 Å². The number of carbonyl (C=O) groups is 1. The quantitative estimate of drug-likeness (QED) is 0.728. The van der Waals surface area contributed by atoms with Gasteiger partial charge in [0, 0.05) is 6.07 Å². The van der Waals surface area contributed by atoms with Crippen LogP contribution >= 0.6 is 0 Å². The van der Waals surface area contributed by atoms with E-state index < -0.39 is 6.10 Å². The highest BCUT2D eigenvalue weighted by Gasteiger charge is 2.12. The Morgan fingerprint density at radius 2 is 2.19 bits per heavy atom. The van der Waals surface area contributed by atoms with Gasteiger partial charge in [-0.3, -0.25) is 4.79 Å². The van der Waals surface area contributed by atoms with Crippen LogP contribution in [0.2, 0.25) is 0 Å². The van der Waals surface area contributed by atoms with Crippen molar-refractivity contribution in [3.05, 3.63) is 23.8 Å². The van der Waals surface area contributed by atoms with Gasteiger partial charge in [-0.05, 0) is 26.0 Å². The lowest BCUT2D eigenvalue weighted by Gasteiger charge is -2.12. The lowest BCUT2D eigenvalue weighted by molar-refractivity contribution is 0.101. The molecule has 0 spiro atoms. The van der Waals surface area contributed by atoms with Crippen molar-refractivity contribution < 1.29 is 14.3 Å². The van der Waals surface area contributed by atoms with Gasteiger partial charge in [0.25, 0.3) is 0 Å². The first kappa shape index (κ1) is 12.1. The number of rotatable bonds is 4. The van der Waals surface area contributed by atoms with Crippen LogP contribution in [-0.2, 0) is 0 Å². The molecule has 16 heavy (non-hydrogen) atoms. The number of Topliss-reactive ketones (excluding diaryl/α,β-unsaturated/α-hetero) is 1. The van der Waals surface area contributed by atoms with E-state index in [4.69, 9.17) is 14.7 Å². The van der Waals surface area contributed by atoms with E-state index in [0.717, 1.165) is 0 Å². The molecule has 0 N–H and O–H groups in total. The molecule has 1 aromatic carbocycles. The Bertz CT molecular complexity index is 434. The summed E-state index contributed by atoms with van der Waals surface area (Å²) < 4.78 is 10.4. The van der Waals surface area contributed by atoms with Gasteiger partial charge in [0.05, 0.1) is 12.7 Å². The van der Waals surface area contributed by atoms with Crippen LogP contribution in [0.1, 0.15) is 24.2 Å². The summed E-state index contributed by atoms with van der Waals surface area (Å²) in [7, 11) is 1.53. The lowest BCUT2D eigenvalue weighted by atomic mass is 10.1. The predicted octanol–water partition coefficient (Wildman–Crippen LogP) is 2.19. The average molecular weight is 219 g/mol. The number of carbonyl (C=O) groups excluding carboxylic acids is 1. The Kier molecular flexibility index (Phi) is 3.90. The van der Waals surface area contributed by atoms with Crippen molar-refractivity contribution >= 4 is 5.78 Å². The Hall–Kier alpha value is -2.02. The molecular weight excluding hydrogens is 206 g/mol. The highest BCUT2D eigenvalue weighted by Crippen LogP contribution is 2.26.